The molecule has 106 valence electrons. The van der Waals surface area contributed by atoms with E-state index in [1.54, 1.807) is 11.3 Å². The zero-order valence-electron chi connectivity index (χ0n) is 12.0. The van der Waals surface area contributed by atoms with E-state index in [-0.39, 0.29) is 0 Å². The molecule has 0 spiro atoms. The van der Waals surface area contributed by atoms with Crippen LogP contribution in [0.3, 0.4) is 0 Å². The summed E-state index contributed by atoms with van der Waals surface area (Å²) >= 11 is 3.54. The lowest BCUT2D eigenvalue weighted by Gasteiger charge is -2.13. The second kappa shape index (κ2) is 5.68. The van der Waals surface area contributed by atoms with Gasteiger partial charge in [-0.15, -0.1) is 22.7 Å². The molecule has 0 saturated carbocycles. The lowest BCUT2D eigenvalue weighted by molar-refractivity contribution is 0.540. The minimum Gasteiger partial charge on any atom is -0.308 e. The van der Waals surface area contributed by atoms with Crippen LogP contribution in [0, 0.1) is 13.8 Å². The first-order valence-corrected chi connectivity index (χ1v) is 8.59. The first-order chi connectivity index (χ1) is 9.65. The molecule has 3 heterocycles. The standard InChI is InChI=1S/C15H19N3S2/c1-10(7-13-5-4-6-19-13)16-8-14-12(3)17-15-18(14)11(2)9-20-15/h4-6,9-10,16H,7-8H2,1-3H3. The maximum absolute atomic E-state index is 4.63. The van der Waals surface area contributed by atoms with Gasteiger partial charge < -0.3 is 5.32 Å². The number of fused-ring (bicyclic) bond motifs is 1. The van der Waals surface area contributed by atoms with E-state index >= 15 is 0 Å². The van der Waals surface area contributed by atoms with Gasteiger partial charge in [-0.25, -0.2) is 4.98 Å². The number of aromatic nitrogens is 2. The second-order valence-corrected chi connectivity index (χ2v) is 7.07. The van der Waals surface area contributed by atoms with Crippen molar-refractivity contribution < 1.29 is 0 Å². The van der Waals surface area contributed by atoms with Crippen molar-refractivity contribution in [2.75, 3.05) is 0 Å². The van der Waals surface area contributed by atoms with Crippen molar-refractivity contribution >= 4 is 27.6 Å². The van der Waals surface area contributed by atoms with Gasteiger partial charge in [-0.1, -0.05) is 6.07 Å². The number of thiazole rings is 1. The maximum Gasteiger partial charge on any atom is 0.194 e. The summed E-state index contributed by atoms with van der Waals surface area (Å²) < 4.78 is 2.27. The molecule has 5 heteroatoms. The lowest BCUT2D eigenvalue weighted by Crippen LogP contribution is -2.28. The number of imidazole rings is 1. The quantitative estimate of drug-likeness (QED) is 0.777. The molecule has 0 amide bonds. The minimum atomic E-state index is 0.470. The summed E-state index contributed by atoms with van der Waals surface area (Å²) in [6.45, 7) is 7.36. The first-order valence-electron chi connectivity index (χ1n) is 6.83. The van der Waals surface area contributed by atoms with Crippen LogP contribution >= 0.6 is 22.7 Å². The third kappa shape index (κ3) is 2.66. The summed E-state index contributed by atoms with van der Waals surface area (Å²) in [7, 11) is 0. The third-order valence-corrected chi connectivity index (χ3v) is 5.38. The number of hydrogen-bond acceptors (Lipinski definition) is 4. The molecule has 0 aliphatic carbocycles. The average molecular weight is 305 g/mol. The molecule has 1 atom stereocenters. The van der Waals surface area contributed by atoms with Crippen LogP contribution in [-0.4, -0.2) is 15.4 Å². The molecule has 0 aliphatic rings. The van der Waals surface area contributed by atoms with Gasteiger partial charge in [-0.2, -0.15) is 0 Å². The summed E-state index contributed by atoms with van der Waals surface area (Å²) in [4.78, 5) is 7.17. The van der Waals surface area contributed by atoms with Gasteiger partial charge in [0.15, 0.2) is 4.96 Å². The Bertz CT molecular complexity index is 694. The monoisotopic (exact) mass is 305 g/mol. The van der Waals surface area contributed by atoms with Gasteiger partial charge >= 0.3 is 0 Å². The molecule has 0 saturated heterocycles. The molecule has 3 nitrogen and oxygen atoms in total. The molecule has 1 N–H and O–H groups in total. The summed E-state index contributed by atoms with van der Waals surface area (Å²) in [5, 5.41) is 7.93. The van der Waals surface area contributed by atoms with E-state index < -0.39 is 0 Å². The Kier molecular flexibility index (Phi) is 3.92. The molecule has 3 aromatic heterocycles. The average Bonchev–Trinajstić information content (AvgIpc) is 3.08. The van der Waals surface area contributed by atoms with Crippen LogP contribution < -0.4 is 5.32 Å². The van der Waals surface area contributed by atoms with Crippen LogP contribution in [0.1, 0.15) is 28.9 Å². The molecule has 0 bridgehead atoms. The van der Waals surface area contributed by atoms with Crippen molar-refractivity contribution in [1.29, 1.82) is 0 Å². The van der Waals surface area contributed by atoms with Gasteiger partial charge in [-0.05, 0) is 38.6 Å². The van der Waals surface area contributed by atoms with Gasteiger partial charge in [0.05, 0.1) is 11.4 Å². The van der Waals surface area contributed by atoms with Crippen molar-refractivity contribution in [2.45, 2.75) is 39.8 Å². The number of nitrogens with zero attached hydrogens (tertiary/aromatic N) is 2. The van der Waals surface area contributed by atoms with Gasteiger partial charge in [0.2, 0.25) is 0 Å². The first kappa shape index (κ1) is 13.8. The zero-order valence-corrected chi connectivity index (χ0v) is 13.6. The Morgan fingerprint density at radius 3 is 2.95 bits per heavy atom. The molecule has 0 radical (unpaired) electrons. The van der Waals surface area contributed by atoms with Crippen LogP contribution in [0.4, 0.5) is 0 Å². The lowest BCUT2D eigenvalue weighted by atomic mass is 10.2. The van der Waals surface area contributed by atoms with Crippen LogP contribution in [0.25, 0.3) is 4.96 Å². The molecule has 3 rings (SSSR count). The predicted octanol–water partition coefficient (Wildman–Crippen LogP) is 3.79. The smallest absolute Gasteiger partial charge is 0.194 e. The summed E-state index contributed by atoms with van der Waals surface area (Å²) in [5.74, 6) is 0. The number of nitrogens with one attached hydrogen (secondary N) is 1. The number of rotatable bonds is 5. The van der Waals surface area contributed by atoms with Crippen molar-refractivity contribution in [2.24, 2.45) is 0 Å². The van der Waals surface area contributed by atoms with Gasteiger partial charge in [0, 0.05) is 28.5 Å². The summed E-state index contributed by atoms with van der Waals surface area (Å²) in [5.41, 5.74) is 3.70. The largest absolute Gasteiger partial charge is 0.308 e. The van der Waals surface area contributed by atoms with E-state index in [1.165, 1.54) is 16.3 Å². The van der Waals surface area contributed by atoms with E-state index in [2.05, 4.69) is 58.4 Å². The molecule has 3 aromatic rings. The molecule has 0 aromatic carbocycles. The Morgan fingerprint density at radius 2 is 2.20 bits per heavy atom. The fourth-order valence-corrected chi connectivity index (χ4v) is 4.22. The minimum absolute atomic E-state index is 0.470. The summed E-state index contributed by atoms with van der Waals surface area (Å²) in [6.07, 6.45) is 1.08. The van der Waals surface area contributed by atoms with E-state index in [0.29, 0.717) is 6.04 Å². The number of aryl methyl sites for hydroxylation is 2. The Balaban J connectivity index is 1.70. The third-order valence-electron chi connectivity index (χ3n) is 3.54. The van der Waals surface area contributed by atoms with Crippen LogP contribution in [-0.2, 0) is 13.0 Å². The Labute approximate surface area is 127 Å². The highest BCUT2D eigenvalue weighted by molar-refractivity contribution is 7.15. The molecule has 0 fully saturated rings. The van der Waals surface area contributed by atoms with Crippen LogP contribution in [0.15, 0.2) is 22.9 Å². The van der Waals surface area contributed by atoms with Gasteiger partial charge in [-0.3, -0.25) is 4.40 Å². The van der Waals surface area contributed by atoms with Crippen LogP contribution in [0.5, 0.6) is 0 Å². The van der Waals surface area contributed by atoms with E-state index in [4.69, 9.17) is 0 Å². The highest BCUT2D eigenvalue weighted by atomic mass is 32.1. The van der Waals surface area contributed by atoms with E-state index in [9.17, 15) is 0 Å². The zero-order chi connectivity index (χ0) is 14.1. The maximum atomic E-state index is 4.63. The van der Waals surface area contributed by atoms with Crippen molar-refractivity contribution in [1.82, 2.24) is 14.7 Å². The summed E-state index contributed by atoms with van der Waals surface area (Å²) in [6, 6.07) is 4.79. The molecular weight excluding hydrogens is 286 g/mol. The van der Waals surface area contributed by atoms with Crippen molar-refractivity contribution in [3.8, 4) is 0 Å². The van der Waals surface area contributed by atoms with Gasteiger partial charge in [0.25, 0.3) is 0 Å². The van der Waals surface area contributed by atoms with E-state index in [0.717, 1.165) is 23.6 Å². The van der Waals surface area contributed by atoms with Crippen LogP contribution in [0.2, 0.25) is 0 Å². The fraction of sp³-hybridized carbons (Fsp3) is 0.400. The van der Waals surface area contributed by atoms with E-state index in [1.807, 2.05) is 11.3 Å². The molecule has 0 aliphatic heterocycles. The topological polar surface area (TPSA) is 29.3 Å². The number of hydrogen-bond donors (Lipinski definition) is 1. The fourth-order valence-electron chi connectivity index (χ4n) is 2.45. The highest BCUT2D eigenvalue weighted by Gasteiger charge is 2.13. The Morgan fingerprint density at radius 1 is 1.35 bits per heavy atom. The highest BCUT2D eigenvalue weighted by Crippen LogP contribution is 2.20. The SMILES string of the molecule is Cc1nc2scc(C)n2c1CNC(C)Cc1cccs1. The molecule has 20 heavy (non-hydrogen) atoms. The van der Waals surface area contributed by atoms with Crippen molar-refractivity contribution in [3.05, 3.63) is 44.9 Å². The Hall–Kier alpha value is -1.17. The van der Waals surface area contributed by atoms with Crippen molar-refractivity contribution in [3.63, 3.8) is 0 Å². The molecule has 1 unspecified atom stereocenters. The second-order valence-electron chi connectivity index (χ2n) is 5.20. The predicted molar refractivity (Wildman–Crippen MR) is 86.9 cm³/mol. The van der Waals surface area contributed by atoms with Gasteiger partial charge in [0.1, 0.15) is 0 Å². The normalized spacial score (nSPS) is 13.2. The number of thiophene rings is 1. The molecular formula is C15H19N3S2.